The number of carbonyl (C=O) groups excluding carboxylic acids is 2. The van der Waals surface area contributed by atoms with Gasteiger partial charge in [0.1, 0.15) is 6.61 Å². The van der Waals surface area contributed by atoms with Crippen molar-refractivity contribution in [3.63, 3.8) is 0 Å². The minimum atomic E-state index is -0.903. The lowest BCUT2D eigenvalue weighted by Gasteiger charge is -2.34. The van der Waals surface area contributed by atoms with E-state index < -0.39 is 17.6 Å². The fourth-order valence-corrected chi connectivity index (χ4v) is 5.04. The summed E-state index contributed by atoms with van der Waals surface area (Å²) in [5.74, 6) is -0.869. The van der Waals surface area contributed by atoms with Crippen LogP contribution in [0.4, 0.5) is 4.79 Å². The molecule has 2 aromatic rings. The number of fused-ring (bicyclic) bond motifs is 3. The van der Waals surface area contributed by atoms with Crippen molar-refractivity contribution in [3.8, 4) is 11.1 Å². The van der Waals surface area contributed by atoms with Crippen LogP contribution in [0.5, 0.6) is 0 Å². The number of carbonyl (C=O) groups is 3. The van der Waals surface area contributed by atoms with Crippen molar-refractivity contribution in [2.24, 2.45) is 5.92 Å². The summed E-state index contributed by atoms with van der Waals surface area (Å²) < 4.78 is 5.63. The number of carboxylic acid groups (broad SMARTS) is 1. The van der Waals surface area contributed by atoms with E-state index in [9.17, 15) is 14.4 Å². The summed E-state index contributed by atoms with van der Waals surface area (Å²) in [4.78, 5) is 36.3. The Morgan fingerprint density at radius 3 is 2.17 bits per heavy atom. The number of amides is 2. The topological polar surface area (TPSA) is 105 Å². The second-order valence-electron chi connectivity index (χ2n) is 10.3. The number of hydrogen-bond donors (Lipinski definition) is 3. The molecule has 7 heteroatoms. The average molecular weight is 479 g/mol. The Labute approximate surface area is 206 Å². The molecule has 0 bridgehead atoms. The Morgan fingerprint density at radius 1 is 1.03 bits per heavy atom. The van der Waals surface area contributed by atoms with Crippen LogP contribution in [0.1, 0.15) is 69.4 Å². The van der Waals surface area contributed by atoms with Gasteiger partial charge < -0.3 is 20.5 Å². The van der Waals surface area contributed by atoms with Crippen LogP contribution in [0.15, 0.2) is 48.5 Å². The summed E-state index contributed by atoms with van der Waals surface area (Å²) in [5, 5.41) is 14.9. The van der Waals surface area contributed by atoms with Gasteiger partial charge in [-0.15, -0.1) is 0 Å². The molecular formula is C28H34N2O5. The zero-order valence-corrected chi connectivity index (χ0v) is 20.4. The third-order valence-electron chi connectivity index (χ3n) is 7.22. The van der Waals surface area contributed by atoms with E-state index in [1.54, 1.807) is 0 Å². The summed E-state index contributed by atoms with van der Waals surface area (Å²) in [7, 11) is 0. The van der Waals surface area contributed by atoms with Crippen LogP contribution in [0, 0.1) is 5.92 Å². The second kappa shape index (κ2) is 10.5. The van der Waals surface area contributed by atoms with Gasteiger partial charge in [0.2, 0.25) is 5.91 Å². The first-order chi connectivity index (χ1) is 16.7. The van der Waals surface area contributed by atoms with Crippen LogP contribution >= 0.6 is 0 Å². The van der Waals surface area contributed by atoms with Gasteiger partial charge in [0.25, 0.3) is 0 Å². The summed E-state index contributed by atoms with van der Waals surface area (Å²) in [6.07, 6.45) is 3.01. The molecule has 7 nitrogen and oxygen atoms in total. The Bertz CT molecular complexity index is 1050. The monoisotopic (exact) mass is 478 g/mol. The molecule has 0 spiro atoms. The lowest BCUT2D eigenvalue weighted by Crippen LogP contribution is -2.47. The van der Waals surface area contributed by atoms with E-state index in [0.717, 1.165) is 30.4 Å². The van der Waals surface area contributed by atoms with Crippen molar-refractivity contribution in [2.45, 2.75) is 69.9 Å². The van der Waals surface area contributed by atoms with Gasteiger partial charge in [-0.2, -0.15) is 0 Å². The van der Waals surface area contributed by atoms with E-state index in [1.807, 2.05) is 38.1 Å². The van der Waals surface area contributed by atoms with Gasteiger partial charge in [-0.1, -0.05) is 55.0 Å². The minimum absolute atomic E-state index is 0.0142. The van der Waals surface area contributed by atoms with Gasteiger partial charge in [0.15, 0.2) is 0 Å². The van der Waals surface area contributed by atoms with Crippen molar-refractivity contribution < 1.29 is 24.2 Å². The third-order valence-corrected chi connectivity index (χ3v) is 7.22. The molecule has 186 valence electrons. The molecule has 2 amide bonds. The average Bonchev–Trinajstić information content (AvgIpc) is 3.08. The molecular weight excluding hydrogens is 444 g/mol. The SMILES string of the molecule is CC(C)(CCC(=O)NC(CC(=O)O)C1CCC1)NC(=O)OCC1c2ccccc2-c2ccccc21. The smallest absolute Gasteiger partial charge is 0.407 e. The minimum Gasteiger partial charge on any atom is -0.481 e. The van der Waals surface area contributed by atoms with Crippen molar-refractivity contribution in [1.29, 1.82) is 0 Å². The molecule has 0 heterocycles. The fraction of sp³-hybridized carbons (Fsp3) is 0.464. The van der Waals surface area contributed by atoms with Crippen molar-refractivity contribution in [1.82, 2.24) is 10.6 Å². The highest BCUT2D eigenvalue weighted by Crippen LogP contribution is 2.44. The van der Waals surface area contributed by atoms with Crippen LogP contribution in [0.2, 0.25) is 0 Å². The molecule has 1 atom stereocenters. The Kier molecular flexibility index (Phi) is 7.43. The maximum Gasteiger partial charge on any atom is 0.407 e. The predicted octanol–water partition coefficient (Wildman–Crippen LogP) is 4.84. The zero-order valence-electron chi connectivity index (χ0n) is 20.4. The number of benzene rings is 2. The van der Waals surface area contributed by atoms with Crippen LogP contribution < -0.4 is 10.6 Å². The molecule has 1 saturated carbocycles. The molecule has 1 unspecified atom stereocenters. The van der Waals surface area contributed by atoms with Crippen LogP contribution in [-0.4, -0.2) is 41.3 Å². The predicted molar refractivity (Wildman–Crippen MR) is 133 cm³/mol. The van der Waals surface area contributed by atoms with Crippen molar-refractivity contribution in [2.75, 3.05) is 6.61 Å². The number of aliphatic carboxylic acids is 1. The quantitative estimate of drug-likeness (QED) is 0.453. The van der Waals surface area contributed by atoms with E-state index in [1.165, 1.54) is 11.1 Å². The number of rotatable bonds is 10. The zero-order chi connectivity index (χ0) is 25.0. The van der Waals surface area contributed by atoms with Gasteiger partial charge in [0, 0.05) is 23.9 Å². The van der Waals surface area contributed by atoms with Crippen molar-refractivity contribution in [3.05, 3.63) is 59.7 Å². The molecule has 1 fully saturated rings. The first kappa shape index (κ1) is 24.8. The molecule has 2 aromatic carbocycles. The lowest BCUT2D eigenvalue weighted by molar-refractivity contribution is -0.138. The molecule has 4 rings (SSSR count). The molecule has 35 heavy (non-hydrogen) atoms. The number of nitrogens with one attached hydrogen (secondary N) is 2. The van der Waals surface area contributed by atoms with E-state index in [2.05, 4.69) is 34.9 Å². The maximum atomic E-state index is 12.6. The molecule has 0 saturated heterocycles. The molecule has 0 aromatic heterocycles. The van der Waals surface area contributed by atoms with Crippen LogP contribution in [-0.2, 0) is 14.3 Å². The number of carboxylic acids is 1. The number of ether oxygens (including phenoxy) is 1. The maximum absolute atomic E-state index is 12.6. The standard InChI is InChI=1S/C28H34N2O5/c1-28(2,15-14-25(31)29-24(16-26(32)33)18-8-7-9-18)30-27(34)35-17-23-21-12-5-3-10-19(21)20-11-4-6-13-22(20)23/h3-6,10-13,18,23-24H,7-9,14-17H2,1-2H3,(H,29,31)(H,30,34)(H,32,33). The van der Waals surface area contributed by atoms with Crippen molar-refractivity contribution >= 4 is 18.0 Å². The summed E-state index contributed by atoms with van der Waals surface area (Å²) in [6, 6.07) is 16.0. The summed E-state index contributed by atoms with van der Waals surface area (Å²) in [5.41, 5.74) is 4.00. The van der Waals surface area contributed by atoms with E-state index in [0.29, 0.717) is 6.42 Å². The molecule has 0 aliphatic heterocycles. The third kappa shape index (κ3) is 6.02. The number of hydrogen-bond acceptors (Lipinski definition) is 4. The van der Waals surface area contributed by atoms with Gasteiger partial charge in [-0.05, 0) is 61.3 Å². The summed E-state index contributed by atoms with van der Waals surface area (Å²) >= 11 is 0. The lowest BCUT2D eigenvalue weighted by atomic mass is 9.78. The van der Waals surface area contributed by atoms with E-state index in [4.69, 9.17) is 9.84 Å². The van der Waals surface area contributed by atoms with Gasteiger partial charge in [-0.3, -0.25) is 9.59 Å². The second-order valence-corrected chi connectivity index (χ2v) is 10.3. The van der Waals surface area contributed by atoms with E-state index >= 15 is 0 Å². The first-order valence-corrected chi connectivity index (χ1v) is 12.4. The van der Waals surface area contributed by atoms with Crippen LogP contribution in [0.3, 0.4) is 0 Å². The largest absolute Gasteiger partial charge is 0.481 e. The Hall–Kier alpha value is -3.35. The first-order valence-electron chi connectivity index (χ1n) is 12.4. The highest BCUT2D eigenvalue weighted by Gasteiger charge is 2.32. The molecule has 2 aliphatic carbocycles. The van der Waals surface area contributed by atoms with Gasteiger partial charge >= 0.3 is 12.1 Å². The molecule has 2 aliphatic rings. The van der Waals surface area contributed by atoms with E-state index in [-0.39, 0.29) is 43.2 Å². The molecule has 3 N–H and O–H groups in total. The Balaban J connectivity index is 1.27. The Morgan fingerprint density at radius 2 is 1.63 bits per heavy atom. The van der Waals surface area contributed by atoms with Crippen LogP contribution in [0.25, 0.3) is 11.1 Å². The fourth-order valence-electron chi connectivity index (χ4n) is 5.04. The normalized spacial score (nSPS) is 15.9. The highest BCUT2D eigenvalue weighted by atomic mass is 16.5. The number of alkyl carbamates (subject to hydrolysis) is 1. The summed E-state index contributed by atoms with van der Waals surface area (Å²) in [6.45, 7) is 3.93. The van der Waals surface area contributed by atoms with Gasteiger partial charge in [-0.25, -0.2) is 4.79 Å². The molecule has 0 radical (unpaired) electrons. The highest BCUT2D eigenvalue weighted by molar-refractivity contribution is 5.79. The van der Waals surface area contributed by atoms with Gasteiger partial charge in [0.05, 0.1) is 6.42 Å².